The van der Waals surface area contributed by atoms with E-state index in [2.05, 4.69) is 20.7 Å². The minimum atomic E-state index is -0.605. The van der Waals surface area contributed by atoms with Gasteiger partial charge in [-0.15, -0.1) is 0 Å². The largest absolute Gasteiger partial charge is 0.495 e. The molecule has 0 radical (unpaired) electrons. The third kappa shape index (κ3) is 5.09. The van der Waals surface area contributed by atoms with Gasteiger partial charge in [-0.25, -0.2) is 9.38 Å². The third-order valence-corrected chi connectivity index (χ3v) is 5.01. The molecule has 0 spiro atoms. The molecule has 0 aliphatic heterocycles. The molecule has 1 aromatic heterocycles. The first-order valence-corrected chi connectivity index (χ1v) is 9.81. The van der Waals surface area contributed by atoms with E-state index in [1.807, 2.05) is 46.0 Å². The Morgan fingerprint density at radius 1 is 1.19 bits per heavy atom. The van der Waals surface area contributed by atoms with Crippen molar-refractivity contribution in [3.63, 3.8) is 0 Å². The number of anilines is 1. The number of carbonyl (C=O) groups excluding carboxylic acids is 1. The number of aromatic nitrogens is 2. The van der Waals surface area contributed by atoms with E-state index >= 15 is 0 Å². The number of guanidine groups is 1. The summed E-state index contributed by atoms with van der Waals surface area (Å²) < 4.78 is 21.3. The molecule has 0 saturated heterocycles. The van der Waals surface area contributed by atoms with Crippen molar-refractivity contribution in [2.75, 3.05) is 12.4 Å². The average molecular weight is 423 g/mol. The quantitative estimate of drug-likeness (QED) is 0.482. The molecule has 0 fully saturated rings. The zero-order valence-electron chi connectivity index (χ0n) is 18.3. The lowest BCUT2D eigenvalue weighted by molar-refractivity contribution is 0.0973. The van der Waals surface area contributed by atoms with Crippen LogP contribution in [0.25, 0.3) is 0 Å². The second-order valence-electron chi connectivity index (χ2n) is 7.20. The lowest BCUT2D eigenvalue weighted by atomic mass is 10.2. The monoisotopic (exact) mass is 423 g/mol. The highest BCUT2D eigenvalue weighted by Crippen LogP contribution is 2.25. The van der Waals surface area contributed by atoms with Crippen molar-refractivity contribution in [3.8, 4) is 5.75 Å². The van der Waals surface area contributed by atoms with E-state index in [1.165, 1.54) is 18.2 Å². The fraction of sp³-hybridized carbons (Fsp3) is 0.261. The van der Waals surface area contributed by atoms with Crippen LogP contribution < -0.4 is 15.4 Å². The molecule has 7 nitrogen and oxygen atoms in total. The highest BCUT2D eigenvalue weighted by Gasteiger charge is 2.16. The maximum Gasteiger partial charge on any atom is 0.260 e. The van der Waals surface area contributed by atoms with Crippen LogP contribution >= 0.6 is 0 Å². The number of hydrogen-bond donors (Lipinski definition) is 2. The highest BCUT2D eigenvalue weighted by molar-refractivity contribution is 6.10. The minimum absolute atomic E-state index is 0.0676. The first kappa shape index (κ1) is 22.0. The Hall–Kier alpha value is -3.68. The molecular weight excluding hydrogens is 397 g/mol. The topological polar surface area (TPSA) is 80.5 Å². The molecule has 31 heavy (non-hydrogen) atoms. The van der Waals surface area contributed by atoms with Crippen molar-refractivity contribution >= 4 is 17.6 Å². The normalized spacial score (nSPS) is 11.4. The molecule has 0 saturated carbocycles. The molecular formula is C23H26FN5O2. The van der Waals surface area contributed by atoms with E-state index < -0.39 is 11.7 Å². The van der Waals surface area contributed by atoms with E-state index in [4.69, 9.17) is 4.74 Å². The van der Waals surface area contributed by atoms with Gasteiger partial charge in [-0.2, -0.15) is 5.10 Å². The van der Waals surface area contributed by atoms with E-state index in [9.17, 15) is 9.18 Å². The lowest BCUT2D eigenvalue weighted by Gasteiger charge is -2.15. The Morgan fingerprint density at radius 3 is 2.58 bits per heavy atom. The van der Waals surface area contributed by atoms with Gasteiger partial charge in [0.25, 0.3) is 5.91 Å². The number of amides is 1. The fourth-order valence-corrected chi connectivity index (χ4v) is 3.18. The Labute approximate surface area is 181 Å². The minimum Gasteiger partial charge on any atom is -0.495 e. The van der Waals surface area contributed by atoms with Crippen LogP contribution in [0.4, 0.5) is 10.1 Å². The standard InChI is InChI=1S/C23H26FN5O2/c1-14-10-11-21(31-5)20(12-14)26-23(25-13-18-15(2)28-29(4)16(18)3)27-22(30)17-8-6-7-9-19(17)24/h6-12H,13H2,1-5H3,(H2,25,26,27,30). The van der Waals surface area contributed by atoms with Crippen molar-refractivity contribution in [2.24, 2.45) is 12.0 Å². The summed E-state index contributed by atoms with van der Waals surface area (Å²) in [6.07, 6.45) is 0. The van der Waals surface area contributed by atoms with Crippen LogP contribution in [0, 0.1) is 26.6 Å². The van der Waals surface area contributed by atoms with E-state index in [1.54, 1.807) is 17.9 Å². The molecule has 1 amide bonds. The zero-order chi connectivity index (χ0) is 22.5. The van der Waals surface area contributed by atoms with Gasteiger partial charge in [-0.3, -0.25) is 14.8 Å². The van der Waals surface area contributed by atoms with Gasteiger partial charge in [0.05, 0.1) is 30.6 Å². The van der Waals surface area contributed by atoms with E-state index in [0.29, 0.717) is 18.0 Å². The van der Waals surface area contributed by atoms with E-state index in [-0.39, 0.29) is 11.5 Å². The summed E-state index contributed by atoms with van der Waals surface area (Å²) in [7, 11) is 3.43. The maximum atomic E-state index is 14.1. The van der Waals surface area contributed by atoms with Crippen molar-refractivity contribution in [1.82, 2.24) is 15.1 Å². The average Bonchev–Trinajstić information content (AvgIpc) is 2.97. The van der Waals surface area contributed by atoms with Crippen LogP contribution in [0.2, 0.25) is 0 Å². The fourth-order valence-electron chi connectivity index (χ4n) is 3.18. The molecule has 8 heteroatoms. The number of nitrogens with one attached hydrogen (secondary N) is 2. The molecule has 1 heterocycles. The number of aryl methyl sites for hydroxylation is 3. The summed E-state index contributed by atoms with van der Waals surface area (Å²) in [5.41, 5.74) is 4.36. The van der Waals surface area contributed by atoms with Crippen molar-refractivity contribution in [2.45, 2.75) is 27.3 Å². The van der Waals surface area contributed by atoms with Gasteiger partial charge in [0.2, 0.25) is 5.96 Å². The van der Waals surface area contributed by atoms with Crippen LogP contribution in [-0.2, 0) is 13.6 Å². The number of nitrogens with zero attached hydrogens (tertiary/aromatic N) is 3. The van der Waals surface area contributed by atoms with Gasteiger partial charge in [-0.05, 0) is 50.6 Å². The number of ether oxygens (including phenoxy) is 1. The molecule has 2 aromatic carbocycles. The Balaban J connectivity index is 1.94. The van der Waals surface area contributed by atoms with Crippen molar-refractivity contribution < 1.29 is 13.9 Å². The number of benzene rings is 2. The molecule has 162 valence electrons. The number of halogens is 1. The highest BCUT2D eigenvalue weighted by atomic mass is 19.1. The maximum absolute atomic E-state index is 14.1. The first-order valence-electron chi connectivity index (χ1n) is 9.81. The summed E-state index contributed by atoms with van der Waals surface area (Å²) in [5, 5.41) is 10.2. The van der Waals surface area contributed by atoms with Crippen LogP contribution in [0.5, 0.6) is 5.75 Å². The molecule has 0 atom stereocenters. The predicted octanol–water partition coefficient (Wildman–Crippen LogP) is 3.89. The molecule has 2 N–H and O–H groups in total. The van der Waals surface area contributed by atoms with Crippen LogP contribution in [0.3, 0.4) is 0 Å². The molecule has 0 aliphatic carbocycles. The zero-order valence-corrected chi connectivity index (χ0v) is 18.3. The van der Waals surface area contributed by atoms with Gasteiger partial charge in [-0.1, -0.05) is 18.2 Å². The predicted molar refractivity (Wildman–Crippen MR) is 119 cm³/mol. The molecule has 0 unspecified atom stereocenters. The number of carbonyl (C=O) groups is 1. The number of methoxy groups -OCH3 is 1. The van der Waals surface area contributed by atoms with Crippen molar-refractivity contribution in [1.29, 1.82) is 0 Å². The smallest absolute Gasteiger partial charge is 0.260 e. The Bertz CT molecular complexity index is 1140. The van der Waals surface area contributed by atoms with Crippen molar-refractivity contribution in [3.05, 3.63) is 76.4 Å². The number of rotatable bonds is 5. The summed E-state index contributed by atoms with van der Waals surface area (Å²) in [4.78, 5) is 17.3. The summed E-state index contributed by atoms with van der Waals surface area (Å²) in [5.74, 6) is -0.436. The number of hydrogen-bond acceptors (Lipinski definition) is 4. The van der Waals surface area contributed by atoms with Gasteiger partial charge in [0, 0.05) is 18.3 Å². The van der Waals surface area contributed by atoms with Gasteiger partial charge in [0.15, 0.2) is 0 Å². The van der Waals surface area contributed by atoms with Gasteiger partial charge in [0.1, 0.15) is 11.6 Å². The van der Waals surface area contributed by atoms with Crippen LogP contribution in [0.1, 0.15) is 32.9 Å². The first-order chi connectivity index (χ1) is 14.8. The molecule has 3 aromatic rings. The molecule has 3 rings (SSSR count). The summed E-state index contributed by atoms with van der Waals surface area (Å²) in [6, 6.07) is 11.4. The second-order valence-corrected chi connectivity index (χ2v) is 7.20. The second kappa shape index (κ2) is 9.42. The Kier molecular flexibility index (Phi) is 6.69. The third-order valence-electron chi connectivity index (χ3n) is 5.01. The van der Waals surface area contributed by atoms with E-state index in [0.717, 1.165) is 22.5 Å². The van der Waals surface area contributed by atoms with Gasteiger partial charge >= 0.3 is 0 Å². The summed E-state index contributed by atoms with van der Waals surface area (Å²) >= 11 is 0. The lowest BCUT2D eigenvalue weighted by Crippen LogP contribution is -2.36. The summed E-state index contributed by atoms with van der Waals surface area (Å²) in [6.45, 7) is 6.10. The van der Waals surface area contributed by atoms with Gasteiger partial charge < -0.3 is 10.1 Å². The van der Waals surface area contributed by atoms with Crippen LogP contribution in [-0.4, -0.2) is 28.8 Å². The SMILES string of the molecule is COc1ccc(C)cc1NC(=NCc1c(C)nn(C)c1C)NC(=O)c1ccccc1F. The Morgan fingerprint density at radius 2 is 1.94 bits per heavy atom. The number of aliphatic imine (C=N–C) groups is 1. The molecule has 0 bridgehead atoms. The molecule has 0 aliphatic rings. The van der Waals surface area contributed by atoms with Crippen LogP contribution in [0.15, 0.2) is 47.5 Å².